The number of hydrogen-bond acceptors (Lipinski definition) is 5. The summed E-state index contributed by atoms with van der Waals surface area (Å²) in [7, 11) is 0. The Balaban J connectivity index is 1.56. The summed E-state index contributed by atoms with van der Waals surface area (Å²) in [4.78, 5) is 18.6. The number of rotatable bonds is 4. The Bertz CT molecular complexity index is 785. The first-order valence-electron chi connectivity index (χ1n) is 9.38. The number of nitrogens with one attached hydrogen (secondary N) is 1. The summed E-state index contributed by atoms with van der Waals surface area (Å²) in [5, 5.41) is 5.11. The third kappa shape index (κ3) is 6.10. The minimum Gasteiger partial charge on any atom is -0.444 e. The number of anilines is 2. The van der Waals surface area contributed by atoms with Gasteiger partial charge in [0.2, 0.25) is 0 Å². The maximum atomic E-state index is 11.8. The zero-order chi connectivity index (χ0) is 19.3. The van der Waals surface area contributed by atoms with Crippen molar-refractivity contribution in [3.63, 3.8) is 0 Å². The topological polar surface area (TPSA) is 54.5 Å². The number of aromatic nitrogens is 1. The fourth-order valence-corrected chi connectivity index (χ4v) is 3.61. The number of carbonyl (C=O) groups excluding carboxylic acids is 1. The van der Waals surface area contributed by atoms with E-state index in [-0.39, 0.29) is 0 Å². The number of nitrogens with zero attached hydrogens (tertiary/aromatic N) is 2. The van der Waals surface area contributed by atoms with Crippen LogP contribution in [0.1, 0.15) is 51.3 Å². The molecule has 0 atom stereocenters. The summed E-state index contributed by atoms with van der Waals surface area (Å²) in [5.74, 6) is 0. The maximum Gasteiger partial charge on any atom is 0.413 e. The van der Waals surface area contributed by atoms with Gasteiger partial charge >= 0.3 is 6.09 Å². The van der Waals surface area contributed by atoms with Gasteiger partial charge < -0.3 is 9.64 Å². The molecule has 1 aromatic heterocycles. The third-order valence-electron chi connectivity index (χ3n) is 4.19. The monoisotopic (exact) mass is 385 g/mol. The highest BCUT2D eigenvalue weighted by Gasteiger charge is 2.17. The zero-order valence-corrected chi connectivity index (χ0v) is 17.0. The van der Waals surface area contributed by atoms with E-state index < -0.39 is 11.7 Å². The predicted octanol–water partition coefficient (Wildman–Crippen LogP) is 5.65. The molecule has 0 radical (unpaired) electrons. The zero-order valence-electron chi connectivity index (χ0n) is 16.2. The van der Waals surface area contributed by atoms with E-state index in [9.17, 15) is 4.79 Å². The van der Waals surface area contributed by atoms with Crippen molar-refractivity contribution < 1.29 is 9.53 Å². The van der Waals surface area contributed by atoms with E-state index in [0.29, 0.717) is 5.13 Å². The SMILES string of the molecule is CC(C)(C)OC(=O)Nc1nc(C=Cc2ccc(N3CCCCC3)cc2)cs1. The van der Waals surface area contributed by atoms with Crippen LogP contribution in [0.15, 0.2) is 29.6 Å². The highest BCUT2D eigenvalue weighted by Crippen LogP contribution is 2.22. The first-order valence-corrected chi connectivity index (χ1v) is 10.3. The molecule has 6 heteroatoms. The summed E-state index contributed by atoms with van der Waals surface area (Å²) in [6, 6.07) is 8.63. The molecule has 1 amide bonds. The first-order chi connectivity index (χ1) is 12.9. The molecule has 2 aromatic rings. The quantitative estimate of drug-likeness (QED) is 0.739. The Labute approximate surface area is 165 Å². The van der Waals surface area contributed by atoms with Crippen molar-refractivity contribution in [3.05, 3.63) is 40.9 Å². The van der Waals surface area contributed by atoms with Gasteiger partial charge in [-0.25, -0.2) is 9.78 Å². The number of piperidine rings is 1. The third-order valence-corrected chi connectivity index (χ3v) is 4.97. The molecule has 1 aromatic carbocycles. The number of thiazole rings is 1. The fraction of sp³-hybridized carbons (Fsp3) is 0.429. The molecule has 5 nitrogen and oxygen atoms in total. The number of carbonyl (C=O) groups is 1. The van der Waals surface area contributed by atoms with Crippen molar-refractivity contribution >= 4 is 40.4 Å². The Morgan fingerprint density at radius 1 is 1.15 bits per heavy atom. The minimum atomic E-state index is -0.523. The molecular weight excluding hydrogens is 358 g/mol. The number of amides is 1. The van der Waals surface area contributed by atoms with Crippen LogP contribution in [0.3, 0.4) is 0 Å². The molecule has 1 aliphatic heterocycles. The van der Waals surface area contributed by atoms with Crippen LogP contribution in [0.4, 0.5) is 15.6 Å². The van der Waals surface area contributed by atoms with E-state index in [0.717, 1.165) is 24.3 Å². The van der Waals surface area contributed by atoms with Crippen LogP contribution in [0, 0.1) is 0 Å². The van der Waals surface area contributed by atoms with Gasteiger partial charge in [-0.2, -0.15) is 0 Å². The fourth-order valence-electron chi connectivity index (χ4n) is 2.94. The molecule has 0 unspecified atom stereocenters. The molecule has 0 spiro atoms. The largest absolute Gasteiger partial charge is 0.444 e. The second-order valence-corrected chi connectivity index (χ2v) is 8.54. The van der Waals surface area contributed by atoms with Crippen molar-refractivity contribution in [2.24, 2.45) is 0 Å². The molecule has 1 aliphatic rings. The lowest BCUT2D eigenvalue weighted by molar-refractivity contribution is 0.0636. The van der Waals surface area contributed by atoms with Crippen molar-refractivity contribution in [2.75, 3.05) is 23.3 Å². The summed E-state index contributed by atoms with van der Waals surface area (Å²) in [5.41, 5.74) is 2.71. The van der Waals surface area contributed by atoms with Gasteiger partial charge in [0.15, 0.2) is 5.13 Å². The Morgan fingerprint density at radius 2 is 1.85 bits per heavy atom. The molecule has 0 saturated carbocycles. The van der Waals surface area contributed by atoms with E-state index in [2.05, 4.69) is 39.5 Å². The number of hydrogen-bond donors (Lipinski definition) is 1. The molecule has 0 aliphatic carbocycles. The van der Waals surface area contributed by atoms with Gasteiger partial charge in [0.1, 0.15) is 5.60 Å². The van der Waals surface area contributed by atoms with E-state index in [1.807, 2.05) is 38.3 Å². The van der Waals surface area contributed by atoms with Crippen molar-refractivity contribution in [2.45, 2.75) is 45.6 Å². The smallest absolute Gasteiger partial charge is 0.413 e. The van der Waals surface area contributed by atoms with E-state index >= 15 is 0 Å². The molecule has 1 N–H and O–H groups in total. The van der Waals surface area contributed by atoms with Crippen LogP contribution >= 0.6 is 11.3 Å². The van der Waals surface area contributed by atoms with Crippen molar-refractivity contribution in [3.8, 4) is 0 Å². The van der Waals surface area contributed by atoms with Crippen LogP contribution in [-0.2, 0) is 4.74 Å². The van der Waals surface area contributed by atoms with Gasteiger partial charge in [-0.3, -0.25) is 5.32 Å². The van der Waals surface area contributed by atoms with Crippen molar-refractivity contribution in [1.82, 2.24) is 4.98 Å². The molecule has 2 heterocycles. The van der Waals surface area contributed by atoms with Gasteiger partial charge in [-0.1, -0.05) is 18.2 Å². The normalized spacial score (nSPS) is 15.1. The van der Waals surface area contributed by atoms with Crippen molar-refractivity contribution in [1.29, 1.82) is 0 Å². The molecule has 1 saturated heterocycles. The summed E-state index contributed by atoms with van der Waals surface area (Å²) in [6.07, 6.45) is 7.41. The molecule has 27 heavy (non-hydrogen) atoms. The minimum absolute atomic E-state index is 0.485. The summed E-state index contributed by atoms with van der Waals surface area (Å²) in [6.45, 7) is 7.81. The Morgan fingerprint density at radius 3 is 2.52 bits per heavy atom. The van der Waals surface area contributed by atoms with Crippen LogP contribution in [0.2, 0.25) is 0 Å². The second kappa shape index (κ2) is 8.57. The van der Waals surface area contributed by atoms with E-state index in [1.54, 1.807) is 0 Å². The van der Waals surface area contributed by atoms with Gasteiger partial charge in [-0.15, -0.1) is 11.3 Å². The lowest BCUT2D eigenvalue weighted by atomic mass is 10.1. The number of ether oxygens (including phenoxy) is 1. The highest BCUT2D eigenvalue weighted by molar-refractivity contribution is 7.14. The summed E-state index contributed by atoms with van der Waals surface area (Å²) < 4.78 is 5.24. The van der Waals surface area contributed by atoms with Crippen LogP contribution in [0.25, 0.3) is 12.2 Å². The maximum absolute atomic E-state index is 11.8. The summed E-state index contributed by atoms with van der Waals surface area (Å²) >= 11 is 1.38. The van der Waals surface area contributed by atoms with Crippen LogP contribution < -0.4 is 10.2 Å². The van der Waals surface area contributed by atoms with Gasteiger partial charge in [0, 0.05) is 24.2 Å². The highest BCUT2D eigenvalue weighted by atomic mass is 32.1. The Kier molecular flexibility index (Phi) is 6.16. The van der Waals surface area contributed by atoms with E-state index in [1.165, 1.54) is 36.3 Å². The van der Waals surface area contributed by atoms with Gasteiger partial charge in [-0.05, 0) is 63.8 Å². The molecular formula is C21H27N3O2S. The average molecular weight is 386 g/mol. The van der Waals surface area contributed by atoms with Crippen LogP contribution in [0.5, 0.6) is 0 Å². The molecule has 144 valence electrons. The second-order valence-electron chi connectivity index (χ2n) is 7.68. The average Bonchev–Trinajstić information content (AvgIpc) is 3.07. The first kappa shape index (κ1) is 19.4. The predicted molar refractivity (Wildman–Crippen MR) is 113 cm³/mol. The Hall–Kier alpha value is -2.34. The molecule has 0 bridgehead atoms. The molecule has 1 fully saturated rings. The molecule has 3 rings (SSSR count). The van der Waals surface area contributed by atoms with Crippen LogP contribution in [-0.4, -0.2) is 29.8 Å². The van der Waals surface area contributed by atoms with Gasteiger partial charge in [0.05, 0.1) is 5.69 Å². The lowest BCUT2D eigenvalue weighted by Gasteiger charge is -2.28. The number of benzene rings is 1. The standard InChI is InChI=1S/C21H27N3O2S/c1-21(2,3)26-20(25)23-19-22-17(15-27-19)10-7-16-8-11-18(12-9-16)24-13-5-4-6-14-24/h7-12,15H,4-6,13-14H2,1-3H3,(H,22,23,25). The van der Waals surface area contributed by atoms with Gasteiger partial charge in [0.25, 0.3) is 0 Å². The van der Waals surface area contributed by atoms with E-state index in [4.69, 9.17) is 4.74 Å². The lowest BCUT2D eigenvalue weighted by Crippen LogP contribution is -2.29.